The van der Waals surface area contributed by atoms with Crippen molar-refractivity contribution in [3.63, 3.8) is 0 Å². The predicted octanol–water partition coefficient (Wildman–Crippen LogP) is 1.59. The Balaban J connectivity index is 1.15. The zero-order chi connectivity index (χ0) is 22.9. The van der Waals surface area contributed by atoms with Gasteiger partial charge in [0.25, 0.3) is 5.91 Å². The Morgan fingerprint density at radius 1 is 1.30 bits per heavy atom. The van der Waals surface area contributed by atoms with Crippen LogP contribution in [0.2, 0.25) is 0 Å². The molecule has 10 heteroatoms. The van der Waals surface area contributed by atoms with Crippen LogP contribution in [0.4, 0.5) is 8.78 Å². The van der Waals surface area contributed by atoms with Gasteiger partial charge in [-0.05, 0) is 38.4 Å². The lowest BCUT2D eigenvalue weighted by molar-refractivity contribution is 0.0620. The quantitative estimate of drug-likeness (QED) is 0.567. The number of hydrogen-bond acceptors (Lipinski definition) is 6. The first kappa shape index (κ1) is 21.4. The molecule has 33 heavy (non-hydrogen) atoms. The van der Waals surface area contributed by atoms with Gasteiger partial charge in [-0.2, -0.15) is 0 Å². The summed E-state index contributed by atoms with van der Waals surface area (Å²) in [5.41, 5.74) is 7.45. The molecule has 1 aliphatic carbocycles. The summed E-state index contributed by atoms with van der Waals surface area (Å²) in [6.45, 7) is 1.87. The molecule has 6 rings (SSSR count). The molecule has 0 bridgehead atoms. The summed E-state index contributed by atoms with van der Waals surface area (Å²) in [6, 6.07) is 3.86. The number of benzene rings is 1. The molecule has 3 saturated heterocycles. The third-order valence-electron chi connectivity index (χ3n) is 7.95. The lowest BCUT2D eigenvalue weighted by Crippen LogP contribution is -2.50. The number of fused-ring (bicyclic) bond motifs is 2. The summed E-state index contributed by atoms with van der Waals surface area (Å²) in [5, 5.41) is 0.221. The molecule has 5 atom stereocenters. The van der Waals surface area contributed by atoms with E-state index in [0.717, 1.165) is 25.3 Å². The smallest absolute Gasteiger partial charge is 0.270 e. The van der Waals surface area contributed by atoms with Crippen LogP contribution in [-0.2, 0) is 9.47 Å². The monoisotopic (exact) mass is 461 g/mol. The van der Waals surface area contributed by atoms with Gasteiger partial charge in [0.1, 0.15) is 29.7 Å². The molecule has 4 heterocycles. The van der Waals surface area contributed by atoms with Crippen LogP contribution in [0, 0.1) is 17.6 Å². The highest BCUT2D eigenvalue weighted by Gasteiger charge is 2.60. The van der Waals surface area contributed by atoms with Crippen molar-refractivity contribution in [1.82, 2.24) is 25.6 Å². The van der Waals surface area contributed by atoms with Gasteiger partial charge in [0.05, 0.1) is 18.2 Å². The van der Waals surface area contributed by atoms with Crippen LogP contribution in [-0.4, -0.2) is 84.5 Å². The summed E-state index contributed by atoms with van der Waals surface area (Å²) in [5.74, 6) is -1.35. The Hall–Kier alpha value is -2.11. The SMILES string of the molecule is COCC1(N(C)C2OC2C2NNC3CCN(C(=O)c4cc5c(F)cc(F)cc5[nH]4)CC32)CC1. The van der Waals surface area contributed by atoms with Crippen molar-refractivity contribution in [2.24, 2.45) is 5.92 Å². The molecule has 1 aromatic carbocycles. The number of epoxide rings is 1. The molecular weight excluding hydrogens is 432 g/mol. The van der Waals surface area contributed by atoms with E-state index in [9.17, 15) is 13.6 Å². The van der Waals surface area contributed by atoms with Gasteiger partial charge in [0, 0.05) is 49.2 Å². The highest BCUT2D eigenvalue weighted by Crippen LogP contribution is 2.47. The Labute approximate surface area is 190 Å². The van der Waals surface area contributed by atoms with E-state index in [1.54, 1.807) is 12.0 Å². The van der Waals surface area contributed by atoms with Crippen molar-refractivity contribution in [3.05, 3.63) is 35.5 Å². The van der Waals surface area contributed by atoms with Crippen molar-refractivity contribution < 1.29 is 23.0 Å². The number of methoxy groups -OCH3 is 1. The Morgan fingerprint density at radius 3 is 2.88 bits per heavy atom. The summed E-state index contributed by atoms with van der Waals surface area (Å²) in [4.78, 5) is 20.2. The van der Waals surface area contributed by atoms with Crippen LogP contribution in [0.25, 0.3) is 10.9 Å². The minimum Gasteiger partial charge on any atom is -0.383 e. The second-order valence-corrected chi connectivity index (χ2v) is 9.92. The number of piperidine rings is 1. The number of H-pyrrole nitrogens is 1. The third kappa shape index (κ3) is 3.55. The summed E-state index contributed by atoms with van der Waals surface area (Å²) < 4.78 is 39.2. The fourth-order valence-electron chi connectivity index (χ4n) is 5.76. The normalized spacial score (nSPS) is 32.4. The minimum absolute atomic E-state index is 0.0401. The highest BCUT2D eigenvalue weighted by molar-refractivity contribution is 5.98. The van der Waals surface area contributed by atoms with Crippen LogP contribution in [0.5, 0.6) is 0 Å². The molecule has 4 fully saturated rings. The van der Waals surface area contributed by atoms with E-state index in [2.05, 4.69) is 27.8 Å². The maximum Gasteiger partial charge on any atom is 0.270 e. The largest absolute Gasteiger partial charge is 0.383 e. The number of amides is 1. The van der Waals surface area contributed by atoms with E-state index < -0.39 is 11.6 Å². The molecule has 4 aliphatic rings. The van der Waals surface area contributed by atoms with Crippen molar-refractivity contribution in [2.45, 2.75) is 49.2 Å². The van der Waals surface area contributed by atoms with Crippen LogP contribution in [0.15, 0.2) is 18.2 Å². The number of nitrogens with zero attached hydrogens (tertiary/aromatic N) is 2. The number of likely N-dealkylation sites (tertiary alicyclic amines) is 1. The number of nitrogens with one attached hydrogen (secondary N) is 3. The Kier molecular flexibility index (Phi) is 5.00. The van der Waals surface area contributed by atoms with Gasteiger partial charge in [-0.1, -0.05) is 0 Å². The molecule has 2 aromatic rings. The predicted molar refractivity (Wildman–Crippen MR) is 116 cm³/mol. The second kappa shape index (κ2) is 7.71. The van der Waals surface area contributed by atoms with Gasteiger partial charge in [-0.3, -0.25) is 20.5 Å². The zero-order valence-corrected chi connectivity index (χ0v) is 18.7. The molecular formula is C23H29F2N5O3. The third-order valence-corrected chi connectivity index (χ3v) is 7.95. The number of ether oxygens (including phenoxy) is 2. The minimum atomic E-state index is -0.675. The molecule has 5 unspecified atom stereocenters. The summed E-state index contributed by atoms with van der Waals surface area (Å²) >= 11 is 0. The first-order valence-electron chi connectivity index (χ1n) is 11.6. The zero-order valence-electron chi connectivity index (χ0n) is 18.7. The van der Waals surface area contributed by atoms with E-state index in [1.807, 2.05) is 0 Å². The fourth-order valence-corrected chi connectivity index (χ4v) is 5.76. The topological polar surface area (TPSA) is 85.2 Å². The second-order valence-electron chi connectivity index (χ2n) is 9.92. The van der Waals surface area contributed by atoms with E-state index in [4.69, 9.17) is 9.47 Å². The standard InChI is InChI=1S/C23H29F2N5O3/c1-29(23(4-5-23)11-32-2)22-20(33-22)19-14-10-30(6-3-16(14)27-28-19)21(31)18-9-13-15(25)7-12(24)8-17(13)26-18/h7-9,14,16,19-20,22,26-28H,3-6,10-11H2,1-2H3. The van der Waals surface area contributed by atoms with Gasteiger partial charge < -0.3 is 19.4 Å². The molecule has 3 N–H and O–H groups in total. The van der Waals surface area contributed by atoms with Crippen molar-refractivity contribution >= 4 is 16.8 Å². The number of rotatable bonds is 6. The number of carbonyl (C=O) groups is 1. The van der Waals surface area contributed by atoms with Gasteiger partial charge in [0.15, 0.2) is 0 Å². The van der Waals surface area contributed by atoms with Crippen LogP contribution in [0.3, 0.4) is 0 Å². The molecule has 1 amide bonds. The van der Waals surface area contributed by atoms with Gasteiger partial charge in [0.2, 0.25) is 0 Å². The average molecular weight is 462 g/mol. The van der Waals surface area contributed by atoms with E-state index in [0.29, 0.717) is 19.7 Å². The fraction of sp³-hybridized carbons (Fsp3) is 0.609. The van der Waals surface area contributed by atoms with Crippen LogP contribution < -0.4 is 10.9 Å². The molecule has 0 radical (unpaired) electrons. The summed E-state index contributed by atoms with van der Waals surface area (Å²) in [6.07, 6.45) is 3.13. The Bertz CT molecular complexity index is 1090. The number of hydrogen-bond donors (Lipinski definition) is 3. The molecule has 1 aromatic heterocycles. The average Bonchev–Trinajstić information content (AvgIpc) is 3.67. The van der Waals surface area contributed by atoms with E-state index in [1.165, 1.54) is 12.1 Å². The molecule has 8 nitrogen and oxygen atoms in total. The molecule has 1 saturated carbocycles. The highest BCUT2D eigenvalue weighted by atomic mass is 19.1. The molecule has 0 spiro atoms. The van der Waals surface area contributed by atoms with Crippen molar-refractivity contribution in [1.29, 1.82) is 0 Å². The number of likely N-dealkylation sites (N-methyl/N-ethyl adjacent to an activating group) is 1. The van der Waals surface area contributed by atoms with Gasteiger partial charge >= 0.3 is 0 Å². The number of hydrazine groups is 1. The Morgan fingerprint density at radius 2 is 2.12 bits per heavy atom. The number of aromatic nitrogens is 1. The van der Waals surface area contributed by atoms with E-state index in [-0.39, 0.29) is 58.4 Å². The first-order valence-corrected chi connectivity index (χ1v) is 11.6. The lowest BCUT2D eigenvalue weighted by atomic mass is 9.86. The number of halogens is 2. The van der Waals surface area contributed by atoms with Crippen LogP contribution >= 0.6 is 0 Å². The summed E-state index contributed by atoms with van der Waals surface area (Å²) in [7, 11) is 3.84. The van der Waals surface area contributed by atoms with Crippen molar-refractivity contribution in [2.75, 3.05) is 33.9 Å². The van der Waals surface area contributed by atoms with Crippen LogP contribution in [0.1, 0.15) is 29.8 Å². The molecule has 3 aliphatic heterocycles. The molecule has 178 valence electrons. The lowest BCUT2D eigenvalue weighted by Gasteiger charge is -2.36. The number of carbonyl (C=O) groups excluding carboxylic acids is 1. The van der Waals surface area contributed by atoms with Gasteiger partial charge in [-0.25, -0.2) is 8.78 Å². The van der Waals surface area contributed by atoms with Gasteiger partial charge in [-0.15, -0.1) is 0 Å². The van der Waals surface area contributed by atoms with Crippen molar-refractivity contribution in [3.8, 4) is 0 Å². The first-order chi connectivity index (χ1) is 15.9. The number of aromatic amines is 1. The van der Waals surface area contributed by atoms with E-state index >= 15 is 0 Å². The maximum atomic E-state index is 14.1. The maximum absolute atomic E-state index is 14.1.